The fraction of sp³-hybridized carbons (Fsp3) is 0.905. The summed E-state index contributed by atoms with van der Waals surface area (Å²) in [6, 6.07) is 0.844. The van der Waals surface area contributed by atoms with Crippen molar-refractivity contribution in [1.29, 1.82) is 0 Å². The smallest absolute Gasteiger partial charge is 0.0577 e. The van der Waals surface area contributed by atoms with Gasteiger partial charge in [0, 0.05) is 12.6 Å². The van der Waals surface area contributed by atoms with Crippen LogP contribution in [0.25, 0.3) is 0 Å². The summed E-state index contributed by atoms with van der Waals surface area (Å²) in [5, 5.41) is 13.7. The molecule has 5 rings (SSSR count). The summed E-state index contributed by atoms with van der Waals surface area (Å²) in [5.41, 5.74) is 2.62. The average Bonchev–Trinajstić information content (AvgIpc) is 3.29. The van der Waals surface area contributed by atoms with Crippen LogP contribution in [0.5, 0.6) is 0 Å². The lowest BCUT2D eigenvalue weighted by molar-refractivity contribution is -0.0497. The van der Waals surface area contributed by atoms with Crippen LogP contribution < -0.4 is 5.32 Å². The van der Waals surface area contributed by atoms with Crippen molar-refractivity contribution >= 4 is 0 Å². The van der Waals surface area contributed by atoms with Crippen LogP contribution in [-0.2, 0) is 0 Å². The van der Waals surface area contributed by atoms with Gasteiger partial charge in [-0.25, -0.2) is 0 Å². The number of hydrogen-bond acceptors (Lipinski definition) is 2. The third-order valence-corrected chi connectivity index (χ3v) is 9.08. The highest BCUT2D eigenvalue weighted by atomic mass is 16.3. The van der Waals surface area contributed by atoms with Crippen molar-refractivity contribution in [3.8, 4) is 0 Å². The maximum absolute atomic E-state index is 10.1. The van der Waals surface area contributed by atoms with E-state index in [-0.39, 0.29) is 6.10 Å². The van der Waals surface area contributed by atoms with Crippen LogP contribution in [0.2, 0.25) is 0 Å². The highest BCUT2D eigenvalue weighted by molar-refractivity contribution is 5.25. The Labute approximate surface area is 141 Å². The van der Waals surface area contributed by atoms with E-state index < -0.39 is 0 Å². The minimum absolute atomic E-state index is 0.0727. The SMILES string of the molecule is C[C@]12CCC(O)CC1=CCC1C2CC[C@@]2(C)C1CC[C@@H]2[C@@H]1CN1. The van der Waals surface area contributed by atoms with Crippen LogP contribution in [0, 0.1) is 34.5 Å². The molecular weight excluding hydrogens is 282 g/mol. The zero-order chi connectivity index (χ0) is 15.8. The number of aliphatic hydroxyl groups is 1. The molecule has 2 N–H and O–H groups in total. The van der Waals surface area contributed by atoms with E-state index in [1.807, 2.05) is 0 Å². The Morgan fingerprint density at radius 3 is 2.61 bits per heavy atom. The van der Waals surface area contributed by atoms with Crippen molar-refractivity contribution in [2.75, 3.05) is 6.54 Å². The molecule has 8 atom stereocenters. The Bertz CT molecular complexity index is 538. The molecule has 1 saturated heterocycles. The maximum atomic E-state index is 10.1. The zero-order valence-corrected chi connectivity index (χ0v) is 14.9. The van der Waals surface area contributed by atoms with Crippen LogP contribution in [0.3, 0.4) is 0 Å². The van der Waals surface area contributed by atoms with Gasteiger partial charge in [-0.05, 0) is 85.9 Å². The van der Waals surface area contributed by atoms with Crippen molar-refractivity contribution in [2.24, 2.45) is 34.5 Å². The molecule has 0 spiro atoms. The van der Waals surface area contributed by atoms with Crippen molar-refractivity contribution in [3.05, 3.63) is 11.6 Å². The van der Waals surface area contributed by atoms with E-state index in [1.54, 1.807) is 5.57 Å². The summed E-state index contributed by atoms with van der Waals surface area (Å²) in [5.74, 6) is 3.70. The van der Waals surface area contributed by atoms with Gasteiger partial charge >= 0.3 is 0 Å². The first-order valence-corrected chi connectivity index (χ1v) is 10.1. The van der Waals surface area contributed by atoms with E-state index in [0.717, 1.165) is 42.6 Å². The minimum atomic E-state index is -0.0727. The van der Waals surface area contributed by atoms with Gasteiger partial charge in [0.25, 0.3) is 0 Å². The fourth-order valence-electron chi connectivity index (χ4n) is 7.70. The second kappa shape index (κ2) is 4.85. The molecule has 0 aromatic carbocycles. The van der Waals surface area contributed by atoms with Gasteiger partial charge in [0.05, 0.1) is 6.10 Å². The molecule has 1 heterocycles. The Balaban J connectivity index is 1.46. The number of allylic oxidation sites excluding steroid dienone is 1. The largest absolute Gasteiger partial charge is 0.393 e. The number of hydrogen-bond donors (Lipinski definition) is 2. The van der Waals surface area contributed by atoms with E-state index >= 15 is 0 Å². The first-order valence-electron chi connectivity index (χ1n) is 10.1. The number of aliphatic hydroxyl groups excluding tert-OH is 1. The molecule has 0 aromatic rings. The topological polar surface area (TPSA) is 42.2 Å². The molecule has 23 heavy (non-hydrogen) atoms. The molecule has 0 bridgehead atoms. The van der Waals surface area contributed by atoms with Gasteiger partial charge < -0.3 is 10.4 Å². The molecule has 2 heteroatoms. The fourth-order valence-corrected chi connectivity index (χ4v) is 7.70. The normalized spacial score (nSPS) is 58.0. The molecule has 5 aliphatic rings. The summed E-state index contributed by atoms with van der Waals surface area (Å²) in [4.78, 5) is 0. The quantitative estimate of drug-likeness (QED) is 0.569. The average molecular weight is 316 g/mol. The number of nitrogens with one attached hydrogen (secondary N) is 1. The standard InChI is InChI=1S/C21H33NO/c1-20-9-7-14(23)11-13(20)3-4-15-16-5-6-18(19-12-22-19)21(16,2)10-8-17(15)20/h3,14-19,22-23H,4-12H2,1-2H3/t14?,15?,16?,17?,18-,19+,20+,21+/m1/s1. The van der Waals surface area contributed by atoms with Gasteiger partial charge in [0.2, 0.25) is 0 Å². The van der Waals surface area contributed by atoms with Crippen molar-refractivity contribution < 1.29 is 5.11 Å². The first kappa shape index (κ1) is 15.0. The highest BCUT2D eigenvalue weighted by Crippen LogP contribution is 2.66. The molecule has 0 radical (unpaired) electrons. The Morgan fingerprint density at radius 2 is 1.83 bits per heavy atom. The van der Waals surface area contributed by atoms with Crippen molar-refractivity contribution in [1.82, 2.24) is 5.32 Å². The van der Waals surface area contributed by atoms with E-state index in [1.165, 1.54) is 45.1 Å². The van der Waals surface area contributed by atoms with Gasteiger partial charge in [-0.3, -0.25) is 0 Å². The molecule has 4 fully saturated rings. The van der Waals surface area contributed by atoms with Crippen molar-refractivity contribution in [2.45, 2.75) is 77.4 Å². The molecule has 2 nitrogen and oxygen atoms in total. The number of rotatable bonds is 1. The molecule has 128 valence electrons. The Kier molecular flexibility index (Phi) is 3.15. The van der Waals surface area contributed by atoms with E-state index in [0.29, 0.717) is 10.8 Å². The zero-order valence-electron chi connectivity index (χ0n) is 14.9. The third kappa shape index (κ3) is 2.00. The molecular formula is C21H33NO. The van der Waals surface area contributed by atoms with Crippen molar-refractivity contribution in [3.63, 3.8) is 0 Å². The van der Waals surface area contributed by atoms with Crippen LogP contribution in [0.4, 0.5) is 0 Å². The second-order valence-electron chi connectivity index (χ2n) is 9.90. The van der Waals surface area contributed by atoms with E-state index in [2.05, 4.69) is 25.2 Å². The minimum Gasteiger partial charge on any atom is -0.393 e. The van der Waals surface area contributed by atoms with Crippen LogP contribution in [-0.4, -0.2) is 23.8 Å². The van der Waals surface area contributed by atoms with Crippen LogP contribution in [0.1, 0.15) is 65.2 Å². The lowest BCUT2D eigenvalue weighted by atomic mass is 9.47. The first-order chi connectivity index (χ1) is 11.0. The van der Waals surface area contributed by atoms with Gasteiger partial charge in [-0.15, -0.1) is 0 Å². The van der Waals surface area contributed by atoms with Gasteiger partial charge in [-0.2, -0.15) is 0 Å². The molecule has 4 aliphatic carbocycles. The second-order valence-corrected chi connectivity index (χ2v) is 9.90. The van der Waals surface area contributed by atoms with E-state index in [9.17, 15) is 5.11 Å². The third-order valence-electron chi connectivity index (χ3n) is 9.08. The van der Waals surface area contributed by atoms with Gasteiger partial charge in [-0.1, -0.05) is 25.5 Å². The lowest BCUT2D eigenvalue weighted by Gasteiger charge is -2.58. The highest BCUT2D eigenvalue weighted by Gasteiger charge is 2.60. The number of fused-ring (bicyclic) bond motifs is 5. The Morgan fingerprint density at radius 1 is 1.04 bits per heavy atom. The summed E-state index contributed by atoms with van der Waals surface area (Å²) in [7, 11) is 0. The van der Waals surface area contributed by atoms with E-state index in [4.69, 9.17) is 0 Å². The molecule has 0 aromatic heterocycles. The molecule has 3 saturated carbocycles. The summed E-state index contributed by atoms with van der Waals surface area (Å²) in [6.07, 6.45) is 12.8. The van der Waals surface area contributed by atoms with Gasteiger partial charge in [0.15, 0.2) is 0 Å². The Hall–Kier alpha value is -0.340. The molecule has 4 unspecified atom stereocenters. The monoisotopic (exact) mass is 315 g/mol. The summed E-state index contributed by atoms with van der Waals surface area (Å²) >= 11 is 0. The van der Waals surface area contributed by atoms with Crippen LogP contribution in [0.15, 0.2) is 11.6 Å². The predicted molar refractivity (Wildman–Crippen MR) is 93.0 cm³/mol. The lowest BCUT2D eigenvalue weighted by Crippen LogP contribution is -2.50. The summed E-state index contributed by atoms with van der Waals surface area (Å²) in [6.45, 7) is 6.46. The molecule has 1 aliphatic heterocycles. The maximum Gasteiger partial charge on any atom is 0.0577 e. The molecule has 0 amide bonds. The summed E-state index contributed by atoms with van der Waals surface area (Å²) < 4.78 is 0. The predicted octanol–water partition coefficient (Wildman–Crippen LogP) is 3.90. The van der Waals surface area contributed by atoms with Gasteiger partial charge in [0.1, 0.15) is 0 Å². The van der Waals surface area contributed by atoms with Crippen LogP contribution >= 0.6 is 0 Å².